The highest BCUT2D eigenvalue weighted by atomic mass is 16.5. The van der Waals surface area contributed by atoms with Crippen molar-refractivity contribution in [3.63, 3.8) is 0 Å². The summed E-state index contributed by atoms with van der Waals surface area (Å²) in [5.74, 6) is 0.954. The van der Waals surface area contributed by atoms with E-state index in [2.05, 4.69) is 21.7 Å². The van der Waals surface area contributed by atoms with Crippen molar-refractivity contribution in [2.24, 2.45) is 0 Å². The van der Waals surface area contributed by atoms with Crippen LogP contribution < -0.4 is 4.74 Å². The summed E-state index contributed by atoms with van der Waals surface area (Å²) >= 11 is 0. The number of carbonyl (C=O) groups excluding carboxylic acids is 2. The van der Waals surface area contributed by atoms with Gasteiger partial charge in [-0.2, -0.15) is 0 Å². The quantitative estimate of drug-likeness (QED) is 0.657. The molecule has 0 spiro atoms. The summed E-state index contributed by atoms with van der Waals surface area (Å²) in [5.41, 5.74) is 0.644. The second-order valence-corrected chi connectivity index (χ2v) is 10.5. The number of hydrogen-bond donors (Lipinski definition) is 0. The lowest BCUT2D eigenvalue weighted by atomic mass is 9.90. The summed E-state index contributed by atoms with van der Waals surface area (Å²) in [4.78, 5) is 35.8. The predicted octanol–water partition coefficient (Wildman–Crippen LogP) is 3.49. The van der Waals surface area contributed by atoms with E-state index in [1.165, 1.54) is 0 Å². The van der Waals surface area contributed by atoms with Crippen molar-refractivity contribution in [1.82, 2.24) is 19.6 Å². The van der Waals surface area contributed by atoms with E-state index in [0.29, 0.717) is 24.4 Å². The molecular formula is C28H44N4O3. The minimum Gasteiger partial charge on any atom is -0.487 e. The van der Waals surface area contributed by atoms with Crippen molar-refractivity contribution >= 4 is 11.8 Å². The number of likely N-dealkylation sites (N-methyl/N-ethyl adjacent to an activating group) is 1. The smallest absolute Gasteiger partial charge is 0.257 e. The normalized spacial score (nSPS) is 25.8. The Balaban J connectivity index is 1.57. The molecule has 0 bridgehead atoms. The second kappa shape index (κ2) is 12.7. The minimum atomic E-state index is -0.0767. The van der Waals surface area contributed by atoms with Crippen molar-refractivity contribution in [2.75, 3.05) is 59.4 Å². The Labute approximate surface area is 211 Å². The first-order chi connectivity index (χ1) is 17.1. The first kappa shape index (κ1) is 26.0. The van der Waals surface area contributed by atoms with Crippen LogP contribution in [-0.4, -0.2) is 103 Å². The fourth-order valence-electron chi connectivity index (χ4n) is 5.76. The van der Waals surface area contributed by atoms with Crippen LogP contribution in [0.4, 0.5) is 0 Å². The van der Waals surface area contributed by atoms with Gasteiger partial charge in [0, 0.05) is 45.8 Å². The van der Waals surface area contributed by atoms with Crippen LogP contribution in [0.3, 0.4) is 0 Å². The summed E-state index contributed by atoms with van der Waals surface area (Å²) in [6.07, 6.45) is 8.19. The molecule has 0 aromatic heterocycles. The average Bonchev–Trinajstić information content (AvgIpc) is 2.87. The lowest BCUT2D eigenvalue weighted by molar-refractivity contribution is -0.138. The predicted molar refractivity (Wildman–Crippen MR) is 139 cm³/mol. The van der Waals surface area contributed by atoms with Crippen molar-refractivity contribution in [2.45, 2.75) is 70.4 Å². The molecule has 2 fully saturated rings. The molecular weight excluding hydrogens is 440 g/mol. The number of amides is 2. The number of benzene rings is 1. The lowest BCUT2D eigenvalue weighted by Crippen LogP contribution is -2.55. The van der Waals surface area contributed by atoms with Crippen LogP contribution >= 0.6 is 0 Å². The Morgan fingerprint density at radius 1 is 0.914 bits per heavy atom. The third-order valence-electron chi connectivity index (χ3n) is 7.98. The monoisotopic (exact) mass is 484 g/mol. The number of ether oxygens (including phenoxy) is 1. The van der Waals surface area contributed by atoms with E-state index in [1.807, 2.05) is 36.1 Å². The standard InChI is InChI=1S/C28H44N4O3/c1-3-31-16-10-4-5-11-17-32(27(33)22-30-20-18-29(2)19-21-30)24-13-7-9-15-26(24)35-25-14-8-6-12-23(25)28(31)34/h6,8,12,14,24,26H,3-5,7,9-11,13,15-22H2,1-2H3/t24-,26+/m1/s1. The lowest BCUT2D eigenvalue weighted by Gasteiger charge is -2.41. The number of para-hydroxylation sites is 1. The molecule has 2 aliphatic heterocycles. The zero-order valence-corrected chi connectivity index (χ0v) is 21.8. The van der Waals surface area contributed by atoms with Gasteiger partial charge in [0.1, 0.15) is 11.9 Å². The Bertz CT molecular complexity index is 839. The summed E-state index contributed by atoms with van der Waals surface area (Å²) in [6.45, 7) is 8.74. The summed E-state index contributed by atoms with van der Waals surface area (Å²) in [7, 11) is 2.15. The van der Waals surface area contributed by atoms with Crippen LogP contribution in [0.25, 0.3) is 0 Å². The number of rotatable bonds is 3. The fourth-order valence-corrected chi connectivity index (χ4v) is 5.76. The molecule has 1 aromatic carbocycles. The molecule has 194 valence electrons. The van der Waals surface area contributed by atoms with E-state index >= 15 is 0 Å². The highest BCUT2D eigenvalue weighted by Gasteiger charge is 2.35. The van der Waals surface area contributed by atoms with Crippen LogP contribution in [0.15, 0.2) is 24.3 Å². The second-order valence-electron chi connectivity index (χ2n) is 10.5. The molecule has 4 rings (SSSR count). The van der Waals surface area contributed by atoms with E-state index in [1.54, 1.807) is 0 Å². The Kier molecular flexibility index (Phi) is 9.44. The van der Waals surface area contributed by atoms with E-state index in [0.717, 1.165) is 90.6 Å². The molecule has 2 heterocycles. The van der Waals surface area contributed by atoms with E-state index in [4.69, 9.17) is 4.74 Å². The molecule has 1 aliphatic carbocycles. The zero-order chi connectivity index (χ0) is 24.6. The third-order valence-corrected chi connectivity index (χ3v) is 7.98. The molecule has 1 saturated carbocycles. The molecule has 1 saturated heterocycles. The Morgan fingerprint density at radius 3 is 2.40 bits per heavy atom. The average molecular weight is 485 g/mol. The van der Waals surface area contributed by atoms with Crippen molar-refractivity contribution in [3.05, 3.63) is 29.8 Å². The van der Waals surface area contributed by atoms with Crippen molar-refractivity contribution < 1.29 is 14.3 Å². The highest BCUT2D eigenvalue weighted by molar-refractivity contribution is 5.97. The van der Waals surface area contributed by atoms with Crippen molar-refractivity contribution in [3.8, 4) is 5.75 Å². The maximum absolute atomic E-state index is 13.7. The van der Waals surface area contributed by atoms with Crippen molar-refractivity contribution in [1.29, 1.82) is 0 Å². The number of carbonyl (C=O) groups is 2. The van der Waals surface area contributed by atoms with Crippen LogP contribution in [0.1, 0.15) is 68.6 Å². The van der Waals surface area contributed by atoms with E-state index < -0.39 is 0 Å². The third kappa shape index (κ3) is 6.76. The minimum absolute atomic E-state index is 0.0514. The van der Waals surface area contributed by atoms with Gasteiger partial charge in [-0.05, 0) is 58.2 Å². The van der Waals surface area contributed by atoms with Crippen LogP contribution in [0.2, 0.25) is 0 Å². The maximum Gasteiger partial charge on any atom is 0.257 e. The van der Waals surface area contributed by atoms with Crippen LogP contribution in [0.5, 0.6) is 5.75 Å². The topological polar surface area (TPSA) is 56.3 Å². The van der Waals surface area contributed by atoms with Gasteiger partial charge in [-0.3, -0.25) is 14.5 Å². The van der Waals surface area contributed by atoms with Gasteiger partial charge in [0.15, 0.2) is 0 Å². The molecule has 2 amide bonds. The van der Waals surface area contributed by atoms with Gasteiger partial charge in [-0.15, -0.1) is 0 Å². The largest absolute Gasteiger partial charge is 0.487 e. The molecule has 2 atom stereocenters. The summed E-state index contributed by atoms with van der Waals surface area (Å²) < 4.78 is 6.63. The van der Waals surface area contributed by atoms with E-state index in [9.17, 15) is 9.59 Å². The van der Waals surface area contributed by atoms with Gasteiger partial charge in [0.25, 0.3) is 5.91 Å². The van der Waals surface area contributed by atoms with Gasteiger partial charge >= 0.3 is 0 Å². The molecule has 3 aliphatic rings. The molecule has 0 radical (unpaired) electrons. The van der Waals surface area contributed by atoms with E-state index in [-0.39, 0.29) is 24.0 Å². The number of hydrogen-bond acceptors (Lipinski definition) is 5. The molecule has 7 heteroatoms. The summed E-state index contributed by atoms with van der Waals surface area (Å²) in [5, 5.41) is 0. The maximum atomic E-state index is 13.7. The Morgan fingerprint density at radius 2 is 1.63 bits per heavy atom. The van der Waals surface area contributed by atoms with Gasteiger partial charge in [0.2, 0.25) is 5.91 Å². The Hall–Kier alpha value is -2.12. The number of piperazine rings is 1. The molecule has 7 nitrogen and oxygen atoms in total. The first-order valence-corrected chi connectivity index (χ1v) is 13.8. The summed E-state index contributed by atoms with van der Waals surface area (Å²) in [6, 6.07) is 7.74. The number of fused-ring (bicyclic) bond motifs is 2. The zero-order valence-electron chi connectivity index (χ0n) is 21.8. The van der Waals surface area contributed by atoms with Gasteiger partial charge in [0.05, 0.1) is 18.2 Å². The van der Waals surface area contributed by atoms with Crippen LogP contribution in [0, 0.1) is 0 Å². The van der Waals surface area contributed by atoms with Gasteiger partial charge in [-0.25, -0.2) is 0 Å². The molecule has 0 N–H and O–H groups in total. The highest BCUT2D eigenvalue weighted by Crippen LogP contribution is 2.30. The van der Waals surface area contributed by atoms with Gasteiger partial charge < -0.3 is 19.4 Å². The van der Waals surface area contributed by atoms with Gasteiger partial charge in [-0.1, -0.05) is 31.4 Å². The molecule has 35 heavy (non-hydrogen) atoms. The molecule has 0 unspecified atom stereocenters. The first-order valence-electron chi connectivity index (χ1n) is 13.8. The fraction of sp³-hybridized carbons (Fsp3) is 0.714. The molecule has 1 aromatic rings. The van der Waals surface area contributed by atoms with Crippen LogP contribution in [-0.2, 0) is 4.79 Å². The SMILES string of the molecule is CCN1CCCCCCN(C(=O)CN2CCN(C)CC2)[C@@H]2CCCC[C@@H]2Oc2ccccc2C1=O. The number of nitrogens with zero attached hydrogens (tertiary/aromatic N) is 4.